The Balaban J connectivity index is 1.24. The number of ether oxygens (including phenoxy) is 2. The van der Waals surface area contributed by atoms with Crippen LogP contribution in [0.15, 0.2) is 23.3 Å². The molecule has 41 heavy (non-hydrogen) atoms. The summed E-state index contributed by atoms with van der Waals surface area (Å²) < 4.78 is 11.9. The second-order valence-electron chi connectivity index (χ2n) is 15.2. The van der Waals surface area contributed by atoms with E-state index in [1.54, 1.807) is 5.57 Å². The zero-order chi connectivity index (χ0) is 29.7. The predicted molar refractivity (Wildman–Crippen MR) is 161 cm³/mol. The van der Waals surface area contributed by atoms with Crippen LogP contribution in [-0.2, 0) is 9.47 Å². The quantitative estimate of drug-likeness (QED) is 0.275. The van der Waals surface area contributed by atoms with Gasteiger partial charge in [-0.25, -0.2) is 0 Å². The Labute approximate surface area is 248 Å². The van der Waals surface area contributed by atoms with E-state index in [9.17, 15) is 20.4 Å². The van der Waals surface area contributed by atoms with E-state index in [1.165, 1.54) is 50.5 Å². The van der Waals surface area contributed by atoms with Gasteiger partial charge in [0.05, 0.1) is 12.7 Å². The number of hydrogen-bond acceptors (Lipinski definition) is 6. The molecular formula is C35H58O6. The average Bonchev–Trinajstić information content (AvgIpc) is 3.30. The highest BCUT2D eigenvalue weighted by atomic mass is 16.7. The van der Waals surface area contributed by atoms with E-state index in [2.05, 4.69) is 53.7 Å². The number of hydrogen-bond donors (Lipinski definition) is 4. The first-order chi connectivity index (χ1) is 19.4. The molecule has 0 aromatic heterocycles. The third-order valence-electron chi connectivity index (χ3n) is 13.0. The number of allylic oxidation sites excluding steroid dienone is 3. The van der Waals surface area contributed by atoms with Crippen LogP contribution in [-0.4, -0.2) is 63.8 Å². The molecule has 13 atom stereocenters. The van der Waals surface area contributed by atoms with Gasteiger partial charge < -0.3 is 29.9 Å². The van der Waals surface area contributed by atoms with Crippen LogP contribution in [0.4, 0.5) is 0 Å². The molecule has 0 aromatic carbocycles. The Morgan fingerprint density at radius 1 is 1.02 bits per heavy atom. The molecule has 5 aliphatic rings. The van der Waals surface area contributed by atoms with Crippen LogP contribution in [0.5, 0.6) is 0 Å². The molecule has 3 saturated carbocycles. The van der Waals surface area contributed by atoms with Crippen LogP contribution in [0.3, 0.4) is 0 Å². The highest BCUT2D eigenvalue weighted by Gasteiger charge is 2.59. The molecule has 0 aromatic rings. The lowest BCUT2D eigenvalue weighted by Gasteiger charge is -2.58. The molecule has 1 unspecified atom stereocenters. The highest BCUT2D eigenvalue weighted by Crippen LogP contribution is 2.67. The normalized spacial score (nSPS) is 47.4. The molecule has 0 bridgehead atoms. The lowest BCUT2D eigenvalue weighted by atomic mass is 9.47. The zero-order valence-electron chi connectivity index (χ0n) is 26.5. The highest BCUT2D eigenvalue weighted by molar-refractivity contribution is 5.25. The minimum absolute atomic E-state index is 0.106. The molecule has 0 radical (unpaired) electrons. The molecule has 1 saturated heterocycles. The van der Waals surface area contributed by atoms with Crippen molar-refractivity contribution in [3.63, 3.8) is 0 Å². The third-order valence-corrected chi connectivity index (χ3v) is 13.0. The van der Waals surface area contributed by atoms with Crippen LogP contribution in [0, 0.1) is 46.3 Å². The van der Waals surface area contributed by atoms with Gasteiger partial charge in [-0.05, 0) is 117 Å². The van der Waals surface area contributed by atoms with E-state index >= 15 is 0 Å². The molecule has 0 spiro atoms. The van der Waals surface area contributed by atoms with Crippen molar-refractivity contribution in [3.8, 4) is 0 Å². The SMILES string of the molecule is C/C=C(/CC[C@@H](C)[C@H]1CC[C@H]2[C@@H]3CC=C4CC(O[C@@H]5O[C@H](CO)[C@@H](O)[C@H](O)[C@H]5O)CC[C@]4(C)[C@H]3CC[C@]12C)C(C)C. The monoisotopic (exact) mass is 574 g/mol. The van der Waals surface area contributed by atoms with Crippen LogP contribution in [0.1, 0.15) is 106 Å². The van der Waals surface area contributed by atoms with Gasteiger partial charge in [0.2, 0.25) is 0 Å². The van der Waals surface area contributed by atoms with Crippen molar-refractivity contribution in [1.82, 2.24) is 0 Å². The predicted octanol–water partition coefficient (Wildman–Crippen LogP) is 5.77. The Morgan fingerprint density at radius 2 is 1.78 bits per heavy atom. The summed E-state index contributed by atoms with van der Waals surface area (Å²) in [5, 5.41) is 40.4. The van der Waals surface area contributed by atoms with Gasteiger partial charge >= 0.3 is 0 Å². The molecule has 5 rings (SSSR count). The van der Waals surface area contributed by atoms with Gasteiger partial charge in [0.25, 0.3) is 0 Å². The molecule has 1 aliphatic heterocycles. The number of rotatable bonds is 8. The van der Waals surface area contributed by atoms with E-state index in [4.69, 9.17) is 9.47 Å². The summed E-state index contributed by atoms with van der Waals surface area (Å²) in [6, 6.07) is 0. The summed E-state index contributed by atoms with van der Waals surface area (Å²) in [6.07, 6.45) is 10.6. The summed E-state index contributed by atoms with van der Waals surface area (Å²) in [7, 11) is 0. The second kappa shape index (κ2) is 12.3. The average molecular weight is 575 g/mol. The third kappa shape index (κ3) is 5.64. The van der Waals surface area contributed by atoms with Gasteiger partial charge in [0, 0.05) is 0 Å². The second-order valence-corrected chi connectivity index (χ2v) is 15.2. The largest absolute Gasteiger partial charge is 0.394 e. The van der Waals surface area contributed by atoms with E-state index in [1.807, 2.05) is 0 Å². The first kappa shape index (κ1) is 31.7. The molecule has 1 heterocycles. The molecule has 4 N–H and O–H groups in total. The van der Waals surface area contributed by atoms with E-state index in [0.717, 1.165) is 48.9 Å². The van der Waals surface area contributed by atoms with Crippen molar-refractivity contribution >= 4 is 0 Å². The smallest absolute Gasteiger partial charge is 0.186 e. The molecular weight excluding hydrogens is 516 g/mol. The van der Waals surface area contributed by atoms with E-state index in [-0.39, 0.29) is 11.5 Å². The topological polar surface area (TPSA) is 99.4 Å². The summed E-state index contributed by atoms with van der Waals surface area (Å²) in [5.41, 5.74) is 3.77. The van der Waals surface area contributed by atoms with Crippen molar-refractivity contribution < 1.29 is 29.9 Å². The lowest BCUT2D eigenvalue weighted by molar-refractivity contribution is -0.313. The Morgan fingerprint density at radius 3 is 2.46 bits per heavy atom. The van der Waals surface area contributed by atoms with Gasteiger partial charge in [-0.3, -0.25) is 0 Å². The van der Waals surface area contributed by atoms with Crippen LogP contribution in [0.2, 0.25) is 0 Å². The molecule has 4 aliphatic carbocycles. The summed E-state index contributed by atoms with van der Waals surface area (Å²) >= 11 is 0. The minimum atomic E-state index is -1.40. The maximum Gasteiger partial charge on any atom is 0.186 e. The fourth-order valence-electron chi connectivity index (χ4n) is 10.5. The van der Waals surface area contributed by atoms with Gasteiger partial charge in [-0.1, -0.05) is 57.9 Å². The zero-order valence-corrected chi connectivity index (χ0v) is 26.5. The number of fused-ring (bicyclic) bond motifs is 5. The first-order valence-electron chi connectivity index (χ1n) is 16.7. The van der Waals surface area contributed by atoms with Gasteiger partial charge in [-0.2, -0.15) is 0 Å². The maximum atomic E-state index is 10.5. The Hall–Kier alpha value is -0.760. The summed E-state index contributed by atoms with van der Waals surface area (Å²) in [6.45, 7) is 14.1. The molecule has 4 fully saturated rings. The lowest BCUT2D eigenvalue weighted by Crippen LogP contribution is -2.60. The Bertz CT molecular complexity index is 974. The van der Waals surface area contributed by atoms with E-state index < -0.39 is 37.3 Å². The van der Waals surface area contributed by atoms with Gasteiger partial charge in [0.15, 0.2) is 6.29 Å². The van der Waals surface area contributed by atoms with Crippen molar-refractivity contribution in [2.24, 2.45) is 46.3 Å². The number of aliphatic hydroxyl groups is 4. The van der Waals surface area contributed by atoms with Gasteiger partial charge in [-0.15, -0.1) is 0 Å². The molecule has 0 amide bonds. The Kier molecular flexibility index (Phi) is 9.51. The summed E-state index contributed by atoms with van der Waals surface area (Å²) in [5.74, 6) is 4.56. The first-order valence-corrected chi connectivity index (χ1v) is 16.7. The van der Waals surface area contributed by atoms with Crippen molar-refractivity contribution in [2.75, 3.05) is 6.61 Å². The van der Waals surface area contributed by atoms with Crippen molar-refractivity contribution in [1.29, 1.82) is 0 Å². The van der Waals surface area contributed by atoms with Crippen LogP contribution in [0.25, 0.3) is 0 Å². The van der Waals surface area contributed by atoms with Crippen LogP contribution >= 0.6 is 0 Å². The summed E-state index contributed by atoms with van der Waals surface area (Å²) in [4.78, 5) is 0. The maximum absolute atomic E-state index is 10.5. The standard InChI is InChI=1S/C35H58O6/c1-7-22(20(2)3)9-8-21(4)26-12-13-27-25-11-10-23-18-24(14-16-34(23,5)28(25)15-17-35(26,27)6)40-33-32(39)31(38)30(37)29(19-36)41-33/h7,10,20-21,24-33,36-39H,8-9,11-19H2,1-6H3/b22-7-/t21-,24?,25+,26-,27+,28+,29-,30-,31+,32-,33-,34+,35-/m1/s1. The van der Waals surface area contributed by atoms with Gasteiger partial charge in [0.1, 0.15) is 24.4 Å². The fourth-order valence-corrected chi connectivity index (χ4v) is 10.5. The van der Waals surface area contributed by atoms with Crippen molar-refractivity contribution in [3.05, 3.63) is 23.3 Å². The molecule has 6 heteroatoms. The van der Waals surface area contributed by atoms with Crippen LogP contribution < -0.4 is 0 Å². The minimum Gasteiger partial charge on any atom is -0.394 e. The fraction of sp³-hybridized carbons (Fsp3) is 0.886. The van der Waals surface area contributed by atoms with Crippen molar-refractivity contribution in [2.45, 2.75) is 143 Å². The molecule has 234 valence electrons. The number of aliphatic hydroxyl groups excluding tert-OH is 4. The molecule has 6 nitrogen and oxygen atoms in total. The van der Waals surface area contributed by atoms with E-state index in [0.29, 0.717) is 11.3 Å².